The zero-order valence-electron chi connectivity index (χ0n) is 15.5. The number of fused-ring (bicyclic) bond motifs is 1. The van der Waals surface area contributed by atoms with Crippen LogP contribution in [0, 0.1) is 0 Å². The average molecular weight is 382 g/mol. The van der Waals surface area contributed by atoms with Crippen LogP contribution in [0.3, 0.4) is 0 Å². The van der Waals surface area contributed by atoms with Gasteiger partial charge in [-0.3, -0.25) is 19.3 Å². The number of carbonyl (C=O) groups is 3. The Kier molecular flexibility index (Phi) is 5.93. The van der Waals surface area contributed by atoms with Crippen molar-refractivity contribution in [2.75, 3.05) is 11.4 Å². The highest BCUT2D eigenvalue weighted by molar-refractivity contribution is 6.03. The van der Waals surface area contributed by atoms with Crippen molar-refractivity contribution in [1.82, 2.24) is 5.32 Å². The maximum atomic E-state index is 12.7. The molecular formula is C21H22N2O5. The van der Waals surface area contributed by atoms with Crippen molar-refractivity contribution in [2.24, 2.45) is 0 Å². The van der Waals surface area contributed by atoms with E-state index in [0.29, 0.717) is 11.4 Å². The number of nitrogens with one attached hydrogen (secondary N) is 1. The summed E-state index contributed by atoms with van der Waals surface area (Å²) in [5.41, 5.74) is 1.36. The Labute approximate surface area is 162 Å². The Morgan fingerprint density at radius 3 is 2.54 bits per heavy atom. The largest absolute Gasteiger partial charge is 0.481 e. The Hall–Kier alpha value is -3.35. The van der Waals surface area contributed by atoms with Crippen molar-refractivity contribution in [3.8, 4) is 5.75 Å². The molecule has 2 N–H and O–H groups in total. The van der Waals surface area contributed by atoms with Crippen molar-refractivity contribution < 1.29 is 24.2 Å². The molecule has 3 rings (SSSR count). The maximum absolute atomic E-state index is 12.7. The molecule has 7 nitrogen and oxygen atoms in total. The second kappa shape index (κ2) is 8.56. The van der Waals surface area contributed by atoms with E-state index < -0.39 is 18.1 Å². The second-order valence-electron chi connectivity index (χ2n) is 6.62. The SMILES string of the molecule is CC1Oc2ccccc2N(CC(=O)NC(CCC(=O)O)c2ccccc2)C1=O. The number of anilines is 1. The molecule has 1 heterocycles. The van der Waals surface area contributed by atoms with Crippen molar-refractivity contribution in [3.05, 3.63) is 60.2 Å². The van der Waals surface area contributed by atoms with Gasteiger partial charge in [-0.05, 0) is 31.0 Å². The fraction of sp³-hybridized carbons (Fsp3) is 0.286. The van der Waals surface area contributed by atoms with Gasteiger partial charge in [0.05, 0.1) is 11.7 Å². The molecule has 1 aliphatic rings. The lowest BCUT2D eigenvalue weighted by molar-refractivity contribution is -0.137. The molecule has 0 aliphatic carbocycles. The number of hydrogen-bond donors (Lipinski definition) is 2. The quantitative estimate of drug-likeness (QED) is 0.767. The Balaban J connectivity index is 1.75. The van der Waals surface area contributed by atoms with Gasteiger partial charge < -0.3 is 15.2 Å². The minimum Gasteiger partial charge on any atom is -0.481 e. The average Bonchev–Trinajstić information content (AvgIpc) is 2.69. The first-order valence-corrected chi connectivity index (χ1v) is 9.09. The van der Waals surface area contributed by atoms with E-state index in [9.17, 15) is 14.4 Å². The zero-order chi connectivity index (χ0) is 20.1. The number of aliphatic carboxylic acids is 1. The molecule has 2 amide bonds. The molecule has 28 heavy (non-hydrogen) atoms. The van der Waals surface area contributed by atoms with Crippen LogP contribution in [0.1, 0.15) is 31.4 Å². The minimum atomic E-state index is -0.929. The topological polar surface area (TPSA) is 95.9 Å². The molecule has 2 unspecified atom stereocenters. The summed E-state index contributed by atoms with van der Waals surface area (Å²) in [4.78, 5) is 37.6. The summed E-state index contributed by atoms with van der Waals surface area (Å²) in [6.45, 7) is 1.47. The van der Waals surface area contributed by atoms with Crippen LogP contribution in [-0.2, 0) is 14.4 Å². The molecule has 2 aromatic rings. The number of amides is 2. The molecule has 0 radical (unpaired) electrons. The molecule has 0 saturated carbocycles. The van der Waals surface area contributed by atoms with Gasteiger partial charge in [-0.15, -0.1) is 0 Å². The minimum absolute atomic E-state index is 0.0732. The van der Waals surface area contributed by atoms with Crippen LogP contribution in [0.4, 0.5) is 5.69 Å². The predicted octanol–water partition coefficient (Wildman–Crippen LogP) is 2.52. The van der Waals surface area contributed by atoms with Crippen LogP contribution < -0.4 is 15.0 Å². The van der Waals surface area contributed by atoms with Gasteiger partial charge >= 0.3 is 5.97 Å². The van der Waals surface area contributed by atoms with Crippen molar-refractivity contribution >= 4 is 23.5 Å². The molecule has 2 aromatic carbocycles. The van der Waals surface area contributed by atoms with E-state index in [4.69, 9.17) is 9.84 Å². The van der Waals surface area contributed by atoms with E-state index in [1.807, 2.05) is 30.3 Å². The summed E-state index contributed by atoms with van der Waals surface area (Å²) in [5, 5.41) is 11.9. The highest BCUT2D eigenvalue weighted by atomic mass is 16.5. The van der Waals surface area contributed by atoms with Crippen molar-refractivity contribution in [2.45, 2.75) is 31.9 Å². The Morgan fingerprint density at radius 1 is 1.14 bits per heavy atom. The number of ether oxygens (including phenoxy) is 1. The number of carboxylic acid groups (broad SMARTS) is 1. The molecule has 1 aliphatic heterocycles. The van der Waals surface area contributed by atoms with Gasteiger partial charge in [-0.25, -0.2) is 0 Å². The number of hydrogen-bond acceptors (Lipinski definition) is 4. The Morgan fingerprint density at radius 2 is 1.82 bits per heavy atom. The first kappa shape index (κ1) is 19.4. The first-order valence-electron chi connectivity index (χ1n) is 9.09. The van der Waals surface area contributed by atoms with Gasteiger partial charge in [0, 0.05) is 6.42 Å². The predicted molar refractivity (Wildman–Crippen MR) is 103 cm³/mol. The highest BCUT2D eigenvalue weighted by Crippen LogP contribution is 2.33. The van der Waals surface area contributed by atoms with Crippen LogP contribution in [0.5, 0.6) is 5.75 Å². The van der Waals surface area contributed by atoms with Gasteiger partial charge in [-0.1, -0.05) is 42.5 Å². The van der Waals surface area contributed by atoms with Crippen molar-refractivity contribution in [1.29, 1.82) is 0 Å². The fourth-order valence-electron chi connectivity index (χ4n) is 3.18. The number of nitrogens with zero attached hydrogens (tertiary/aromatic N) is 1. The van der Waals surface area contributed by atoms with E-state index in [2.05, 4.69) is 5.32 Å². The lowest BCUT2D eigenvalue weighted by Gasteiger charge is -2.33. The molecule has 7 heteroatoms. The number of para-hydroxylation sites is 2. The molecular weight excluding hydrogens is 360 g/mol. The van der Waals surface area contributed by atoms with Gasteiger partial charge in [0.15, 0.2) is 6.10 Å². The molecule has 0 aromatic heterocycles. The summed E-state index contributed by atoms with van der Waals surface area (Å²) in [7, 11) is 0. The third kappa shape index (κ3) is 4.49. The number of carbonyl (C=O) groups excluding carboxylic acids is 2. The summed E-state index contributed by atoms with van der Waals surface area (Å²) < 4.78 is 5.58. The number of benzene rings is 2. The Bertz CT molecular complexity index is 868. The number of carboxylic acids is 1. The third-order valence-electron chi connectivity index (χ3n) is 4.56. The van der Waals surface area contributed by atoms with Gasteiger partial charge in [0.2, 0.25) is 5.91 Å². The van der Waals surface area contributed by atoms with Crippen LogP contribution in [0.15, 0.2) is 54.6 Å². The summed E-state index contributed by atoms with van der Waals surface area (Å²) in [5.74, 6) is -1.04. The molecule has 146 valence electrons. The normalized spacial score (nSPS) is 16.7. The molecule has 0 spiro atoms. The van der Waals surface area contributed by atoms with Gasteiger partial charge in [-0.2, -0.15) is 0 Å². The van der Waals surface area contributed by atoms with Crippen LogP contribution in [-0.4, -0.2) is 35.5 Å². The zero-order valence-corrected chi connectivity index (χ0v) is 15.5. The van der Waals surface area contributed by atoms with E-state index in [1.165, 1.54) is 4.90 Å². The third-order valence-corrected chi connectivity index (χ3v) is 4.56. The van der Waals surface area contributed by atoms with E-state index >= 15 is 0 Å². The molecule has 0 bridgehead atoms. The monoisotopic (exact) mass is 382 g/mol. The second-order valence-corrected chi connectivity index (χ2v) is 6.62. The van der Waals surface area contributed by atoms with Gasteiger partial charge in [0.25, 0.3) is 5.91 Å². The molecule has 0 saturated heterocycles. The fourth-order valence-corrected chi connectivity index (χ4v) is 3.18. The molecule has 2 atom stereocenters. The van der Waals surface area contributed by atoms with Crippen molar-refractivity contribution in [3.63, 3.8) is 0 Å². The smallest absolute Gasteiger partial charge is 0.303 e. The van der Waals surface area contributed by atoms with E-state index in [1.54, 1.807) is 31.2 Å². The lowest BCUT2D eigenvalue weighted by Crippen LogP contribution is -2.49. The van der Waals surface area contributed by atoms with E-state index in [0.717, 1.165) is 5.56 Å². The van der Waals surface area contributed by atoms with Gasteiger partial charge in [0.1, 0.15) is 12.3 Å². The lowest BCUT2D eigenvalue weighted by atomic mass is 10.0. The molecule has 0 fully saturated rings. The summed E-state index contributed by atoms with van der Waals surface area (Å²) in [6.07, 6.45) is -0.495. The van der Waals surface area contributed by atoms with Crippen LogP contribution in [0.25, 0.3) is 0 Å². The summed E-state index contributed by atoms with van der Waals surface area (Å²) >= 11 is 0. The maximum Gasteiger partial charge on any atom is 0.303 e. The van der Waals surface area contributed by atoms with E-state index in [-0.39, 0.29) is 31.2 Å². The highest BCUT2D eigenvalue weighted by Gasteiger charge is 2.32. The number of rotatable bonds is 7. The standard InChI is InChI=1S/C21H22N2O5/c1-14-21(27)23(17-9-5-6-10-18(17)28-14)13-19(24)22-16(11-12-20(25)26)15-7-3-2-4-8-15/h2-10,14,16H,11-13H2,1H3,(H,22,24)(H,25,26). The van der Waals surface area contributed by atoms with Crippen LogP contribution >= 0.6 is 0 Å². The first-order chi connectivity index (χ1) is 13.5. The van der Waals surface area contributed by atoms with Crippen LogP contribution in [0.2, 0.25) is 0 Å². The summed E-state index contributed by atoms with van der Waals surface area (Å²) in [6, 6.07) is 15.8.